The summed E-state index contributed by atoms with van der Waals surface area (Å²) >= 11 is 0. The Balaban J connectivity index is 1.96. The summed E-state index contributed by atoms with van der Waals surface area (Å²) in [4.78, 5) is 0.264. The second-order valence-electron chi connectivity index (χ2n) is 4.68. The van der Waals surface area contributed by atoms with E-state index in [1.807, 2.05) is 14.1 Å². The molecule has 2 aromatic rings. The van der Waals surface area contributed by atoms with E-state index in [0.29, 0.717) is 13.0 Å². The van der Waals surface area contributed by atoms with Gasteiger partial charge in [0.1, 0.15) is 12.2 Å². The number of benzene rings is 1. The van der Waals surface area contributed by atoms with Crippen LogP contribution in [0.4, 0.5) is 0 Å². The highest BCUT2D eigenvalue weighted by Gasteiger charge is 2.13. The van der Waals surface area contributed by atoms with Crippen LogP contribution in [0.5, 0.6) is 0 Å². The predicted octanol–water partition coefficient (Wildman–Crippen LogP) is 0.0555. The molecule has 0 saturated heterocycles. The number of sulfonamides is 1. The Morgan fingerprint density at radius 1 is 1.24 bits per heavy atom. The first kappa shape index (κ1) is 15.6. The molecule has 0 aliphatic heterocycles. The summed E-state index contributed by atoms with van der Waals surface area (Å²) in [7, 11) is 0.184. The average molecular weight is 309 g/mol. The molecule has 0 aliphatic rings. The molecule has 0 amide bonds. The van der Waals surface area contributed by atoms with E-state index in [1.165, 1.54) is 0 Å². The Morgan fingerprint density at radius 2 is 1.95 bits per heavy atom. The highest BCUT2D eigenvalue weighted by molar-refractivity contribution is 7.89. The van der Waals surface area contributed by atoms with Crippen molar-refractivity contribution in [1.82, 2.24) is 24.8 Å². The van der Waals surface area contributed by atoms with Gasteiger partial charge in [0.05, 0.1) is 4.90 Å². The molecule has 0 atom stereocenters. The summed E-state index contributed by atoms with van der Waals surface area (Å²) < 4.78 is 28.6. The summed E-state index contributed by atoms with van der Waals surface area (Å²) in [5, 5.41) is 10.7. The minimum atomic E-state index is -3.49. The highest BCUT2D eigenvalue weighted by Crippen LogP contribution is 2.10. The van der Waals surface area contributed by atoms with Gasteiger partial charge in [-0.15, -0.1) is 10.2 Å². The molecule has 2 rings (SSSR count). The topological polar surface area (TPSA) is 88.9 Å². The van der Waals surface area contributed by atoms with Crippen LogP contribution in [0.1, 0.15) is 11.4 Å². The number of hydrogen-bond acceptors (Lipinski definition) is 5. The molecule has 1 heterocycles. The number of aryl methyl sites for hydroxylation is 1. The quantitative estimate of drug-likeness (QED) is 0.755. The fourth-order valence-electron chi connectivity index (χ4n) is 1.90. The fraction of sp³-hybridized carbons (Fsp3) is 0.385. The van der Waals surface area contributed by atoms with Gasteiger partial charge in [-0.2, -0.15) is 0 Å². The third-order valence-electron chi connectivity index (χ3n) is 3.06. The fourth-order valence-corrected chi connectivity index (χ4v) is 2.94. The van der Waals surface area contributed by atoms with Gasteiger partial charge in [0.25, 0.3) is 0 Å². The van der Waals surface area contributed by atoms with E-state index in [1.54, 1.807) is 35.2 Å². The number of nitrogens with one attached hydrogen (secondary N) is 2. The Kier molecular flexibility index (Phi) is 5.05. The lowest BCUT2D eigenvalue weighted by Crippen LogP contribution is -2.26. The average Bonchev–Trinajstić information content (AvgIpc) is 2.85. The maximum Gasteiger partial charge on any atom is 0.240 e. The molecule has 21 heavy (non-hydrogen) atoms. The second kappa shape index (κ2) is 6.79. The zero-order chi connectivity index (χ0) is 15.3. The number of aromatic nitrogens is 3. The van der Waals surface area contributed by atoms with Crippen molar-refractivity contribution in [1.29, 1.82) is 0 Å². The van der Waals surface area contributed by atoms with Crippen LogP contribution in [-0.2, 0) is 30.0 Å². The van der Waals surface area contributed by atoms with E-state index in [0.717, 1.165) is 11.4 Å². The van der Waals surface area contributed by atoms with Gasteiger partial charge in [-0.25, -0.2) is 13.1 Å². The maximum absolute atomic E-state index is 12.1. The van der Waals surface area contributed by atoms with Crippen molar-refractivity contribution in [2.75, 3.05) is 13.6 Å². The first-order valence-electron chi connectivity index (χ1n) is 6.59. The number of hydrogen-bond donors (Lipinski definition) is 2. The molecule has 1 aromatic carbocycles. The van der Waals surface area contributed by atoms with Gasteiger partial charge in [0.15, 0.2) is 0 Å². The van der Waals surface area contributed by atoms with Gasteiger partial charge < -0.3 is 9.88 Å². The monoisotopic (exact) mass is 309 g/mol. The van der Waals surface area contributed by atoms with E-state index < -0.39 is 10.0 Å². The molecular weight excluding hydrogens is 290 g/mol. The summed E-state index contributed by atoms with van der Waals surface area (Å²) in [5.74, 6) is 0.738. The van der Waals surface area contributed by atoms with Crippen molar-refractivity contribution in [3.05, 3.63) is 42.0 Å². The molecule has 0 fully saturated rings. The molecule has 1 aromatic heterocycles. The molecule has 0 aliphatic carbocycles. The van der Waals surface area contributed by atoms with Crippen LogP contribution in [0.2, 0.25) is 0 Å². The Hall–Kier alpha value is -1.77. The van der Waals surface area contributed by atoms with E-state index in [9.17, 15) is 8.42 Å². The lowest BCUT2D eigenvalue weighted by molar-refractivity contribution is 0.580. The highest BCUT2D eigenvalue weighted by atomic mass is 32.2. The van der Waals surface area contributed by atoms with Crippen LogP contribution in [0.15, 0.2) is 35.5 Å². The van der Waals surface area contributed by atoms with Crippen LogP contribution >= 0.6 is 0 Å². The minimum Gasteiger partial charge on any atom is -0.321 e. The van der Waals surface area contributed by atoms with E-state index >= 15 is 0 Å². The largest absolute Gasteiger partial charge is 0.321 e. The molecule has 114 valence electrons. The van der Waals surface area contributed by atoms with Gasteiger partial charge >= 0.3 is 0 Å². The summed E-state index contributed by atoms with van der Waals surface area (Å²) in [6, 6.07) is 6.82. The predicted molar refractivity (Wildman–Crippen MR) is 79.1 cm³/mol. The van der Waals surface area contributed by atoms with E-state index in [2.05, 4.69) is 20.2 Å². The summed E-state index contributed by atoms with van der Waals surface area (Å²) in [6.45, 7) is 0.993. The van der Waals surface area contributed by atoms with Crippen molar-refractivity contribution >= 4 is 10.0 Å². The lowest BCUT2D eigenvalue weighted by atomic mass is 10.2. The van der Waals surface area contributed by atoms with E-state index in [4.69, 9.17) is 0 Å². The Labute approximate surface area is 124 Å². The Bertz CT molecular complexity index is 679. The van der Waals surface area contributed by atoms with Crippen molar-refractivity contribution in [2.24, 2.45) is 7.05 Å². The Morgan fingerprint density at radius 3 is 2.52 bits per heavy atom. The molecule has 7 nitrogen and oxygen atoms in total. The molecular formula is C13H19N5O2S. The summed E-state index contributed by atoms with van der Waals surface area (Å²) in [5.41, 5.74) is 1.04. The van der Waals surface area contributed by atoms with Gasteiger partial charge in [-0.1, -0.05) is 12.1 Å². The van der Waals surface area contributed by atoms with Crippen LogP contribution in [0, 0.1) is 0 Å². The first-order valence-corrected chi connectivity index (χ1v) is 8.07. The summed E-state index contributed by atoms with van der Waals surface area (Å²) in [6.07, 6.45) is 2.08. The zero-order valence-corrected chi connectivity index (χ0v) is 12.9. The third kappa shape index (κ3) is 4.10. The van der Waals surface area contributed by atoms with Crippen molar-refractivity contribution in [3.63, 3.8) is 0 Å². The minimum absolute atomic E-state index is 0.264. The lowest BCUT2D eigenvalue weighted by Gasteiger charge is -2.07. The smallest absolute Gasteiger partial charge is 0.240 e. The maximum atomic E-state index is 12.1. The zero-order valence-electron chi connectivity index (χ0n) is 12.1. The molecule has 0 spiro atoms. The molecule has 8 heteroatoms. The molecule has 0 saturated carbocycles. The third-order valence-corrected chi connectivity index (χ3v) is 4.54. The molecule has 2 N–H and O–H groups in total. The van der Waals surface area contributed by atoms with Gasteiger partial charge in [0, 0.05) is 26.6 Å². The van der Waals surface area contributed by atoms with Crippen molar-refractivity contribution in [3.8, 4) is 0 Å². The van der Waals surface area contributed by atoms with Gasteiger partial charge in [0.2, 0.25) is 10.0 Å². The number of nitrogens with zero attached hydrogens (tertiary/aromatic N) is 3. The second-order valence-corrected chi connectivity index (χ2v) is 6.45. The van der Waals surface area contributed by atoms with Gasteiger partial charge in [-0.3, -0.25) is 0 Å². The number of rotatable bonds is 7. The molecule has 0 unspecified atom stereocenters. The molecule has 0 bridgehead atoms. The molecule has 0 radical (unpaired) electrons. The normalized spacial score (nSPS) is 11.7. The van der Waals surface area contributed by atoms with E-state index in [-0.39, 0.29) is 11.4 Å². The van der Waals surface area contributed by atoms with Crippen LogP contribution in [-0.4, -0.2) is 36.8 Å². The van der Waals surface area contributed by atoms with Crippen molar-refractivity contribution in [2.45, 2.75) is 17.9 Å². The van der Waals surface area contributed by atoms with Crippen LogP contribution in [0.25, 0.3) is 0 Å². The standard InChI is InChI=1S/C13H19N5O2S/c1-14-9-11-3-5-12(6-4-11)21(19,20)16-8-7-13-17-15-10-18(13)2/h3-6,10,14,16H,7-9H2,1-2H3. The van der Waals surface area contributed by atoms with Crippen LogP contribution in [0.3, 0.4) is 0 Å². The van der Waals surface area contributed by atoms with Crippen LogP contribution < -0.4 is 10.0 Å². The first-order chi connectivity index (χ1) is 10.0. The van der Waals surface area contributed by atoms with Crippen molar-refractivity contribution < 1.29 is 8.42 Å². The SMILES string of the molecule is CNCc1ccc(S(=O)(=O)NCCc2nncn2C)cc1. The van der Waals surface area contributed by atoms with Gasteiger partial charge in [-0.05, 0) is 24.7 Å².